The van der Waals surface area contributed by atoms with E-state index in [-0.39, 0.29) is 18.2 Å². The number of pyridine rings is 1. The normalized spacial score (nSPS) is 14.5. The predicted octanol–water partition coefficient (Wildman–Crippen LogP) is 3.34. The average molecular weight is 318 g/mol. The Kier molecular flexibility index (Phi) is 4.83. The molecule has 1 heterocycles. The lowest BCUT2D eigenvalue weighted by Gasteiger charge is -2.08. The molecule has 0 amide bonds. The number of allylic oxidation sites excluding steroid dienone is 1. The molecular formula is C17H16ClNO3. The van der Waals surface area contributed by atoms with E-state index in [1.165, 1.54) is 0 Å². The van der Waals surface area contributed by atoms with E-state index in [2.05, 4.69) is 4.98 Å². The van der Waals surface area contributed by atoms with Crippen LogP contribution in [0.25, 0.3) is 6.08 Å². The number of fused-ring (bicyclic) bond motifs is 1. The Bertz CT molecular complexity index is 726. The van der Waals surface area contributed by atoms with Gasteiger partial charge in [0.2, 0.25) is 0 Å². The number of carbonyl (C=O) groups is 1. The molecule has 0 N–H and O–H groups in total. The highest BCUT2D eigenvalue weighted by atomic mass is 35.5. The van der Waals surface area contributed by atoms with Gasteiger partial charge in [-0.15, -0.1) is 12.4 Å². The smallest absolute Gasteiger partial charge is 0.189 e. The lowest BCUT2D eigenvalue weighted by molar-refractivity contribution is 0.104. The van der Waals surface area contributed by atoms with Crippen molar-refractivity contribution in [3.05, 3.63) is 58.9 Å². The standard InChI is InChI=1S/C17H15NO3.ClH/c1-20-15-9-12-8-13(7-11-3-5-18-6-4-11)17(19)14(12)10-16(15)21-2;/h3-7,9-10H,8H2,1-2H3;1H. The van der Waals surface area contributed by atoms with Crippen LogP contribution in [0.1, 0.15) is 21.5 Å². The molecule has 1 aliphatic carbocycles. The summed E-state index contributed by atoms with van der Waals surface area (Å²) in [5.41, 5.74) is 3.40. The summed E-state index contributed by atoms with van der Waals surface area (Å²) in [7, 11) is 3.16. The molecule has 0 bridgehead atoms. The van der Waals surface area contributed by atoms with E-state index in [0.29, 0.717) is 23.5 Å². The van der Waals surface area contributed by atoms with Crippen molar-refractivity contribution in [1.29, 1.82) is 0 Å². The number of carbonyl (C=O) groups excluding carboxylic acids is 1. The molecule has 0 unspecified atom stereocenters. The lowest BCUT2D eigenvalue weighted by atomic mass is 10.1. The number of Topliss-reactive ketones (excluding diaryl/α,β-unsaturated/α-hetero) is 1. The Labute approximate surface area is 135 Å². The average Bonchev–Trinajstić information content (AvgIpc) is 2.82. The number of ketones is 1. The van der Waals surface area contributed by atoms with Crippen LogP contribution in [0.2, 0.25) is 0 Å². The summed E-state index contributed by atoms with van der Waals surface area (Å²) in [6, 6.07) is 7.39. The second-order valence-electron chi connectivity index (χ2n) is 4.82. The Morgan fingerprint density at radius 3 is 2.36 bits per heavy atom. The molecular weight excluding hydrogens is 302 g/mol. The lowest BCUT2D eigenvalue weighted by Crippen LogP contribution is -1.97. The van der Waals surface area contributed by atoms with Crippen LogP contribution in [0, 0.1) is 0 Å². The van der Waals surface area contributed by atoms with Crippen molar-refractivity contribution in [2.45, 2.75) is 6.42 Å². The molecule has 0 fully saturated rings. The fourth-order valence-corrected chi connectivity index (χ4v) is 2.51. The van der Waals surface area contributed by atoms with Gasteiger partial charge in [-0.1, -0.05) is 0 Å². The molecule has 4 nitrogen and oxygen atoms in total. The first-order valence-electron chi connectivity index (χ1n) is 6.63. The fraction of sp³-hybridized carbons (Fsp3) is 0.176. The van der Waals surface area contributed by atoms with Gasteiger partial charge in [0.05, 0.1) is 14.2 Å². The van der Waals surface area contributed by atoms with E-state index in [9.17, 15) is 4.79 Å². The molecule has 0 saturated carbocycles. The molecule has 1 aromatic carbocycles. The van der Waals surface area contributed by atoms with Gasteiger partial charge < -0.3 is 9.47 Å². The third kappa shape index (κ3) is 2.83. The zero-order valence-corrected chi connectivity index (χ0v) is 13.1. The number of aromatic nitrogens is 1. The molecule has 3 rings (SSSR count). The third-order valence-electron chi connectivity index (χ3n) is 3.57. The highest BCUT2D eigenvalue weighted by molar-refractivity contribution is 6.15. The van der Waals surface area contributed by atoms with Crippen molar-refractivity contribution in [2.75, 3.05) is 14.2 Å². The highest BCUT2D eigenvalue weighted by Gasteiger charge is 2.27. The maximum atomic E-state index is 12.5. The summed E-state index contributed by atoms with van der Waals surface area (Å²) in [6.45, 7) is 0. The van der Waals surface area contributed by atoms with Gasteiger partial charge in [0.1, 0.15) is 0 Å². The van der Waals surface area contributed by atoms with E-state index >= 15 is 0 Å². The van der Waals surface area contributed by atoms with E-state index in [0.717, 1.165) is 16.7 Å². The maximum Gasteiger partial charge on any atom is 0.189 e. The number of hydrogen-bond acceptors (Lipinski definition) is 4. The van der Waals surface area contributed by atoms with Crippen molar-refractivity contribution in [3.63, 3.8) is 0 Å². The zero-order valence-electron chi connectivity index (χ0n) is 12.3. The van der Waals surface area contributed by atoms with Gasteiger partial charge >= 0.3 is 0 Å². The minimum atomic E-state index is 0. The molecule has 0 aliphatic heterocycles. The van der Waals surface area contributed by atoms with Gasteiger partial charge in [-0.2, -0.15) is 0 Å². The van der Waals surface area contributed by atoms with Crippen molar-refractivity contribution in [1.82, 2.24) is 4.98 Å². The Morgan fingerprint density at radius 2 is 1.73 bits per heavy atom. The monoisotopic (exact) mass is 317 g/mol. The summed E-state index contributed by atoms with van der Waals surface area (Å²) >= 11 is 0. The number of methoxy groups -OCH3 is 2. The molecule has 0 radical (unpaired) electrons. The number of rotatable bonds is 3. The van der Waals surface area contributed by atoms with Gasteiger partial charge in [-0.05, 0) is 41.5 Å². The van der Waals surface area contributed by atoms with Crippen LogP contribution < -0.4 is 9.47 Å². The molecule has 2 aromatic rings. The first-order chi connectivity index (χ1) is 10.2. The van der Waals surface area contributed by atoms with Crippen LogP contribution in [-0.2, 0) is 6.42 Å². The van der Waals surface area contributed by atoms with E-state index < -0.39 is 0 Å². The fourth-order valence-electron chi connectivity index (χ4n) is 2.51. The minimum Gasteiger partial charge on any atom is -0.493 e. The summed E-state index contributed by atoms with van der Waals surface area (Å²) in [6.07, 6.45) is 5.94. The first kappa shape index (κ1) is 16.0. The van der Waals surface area contributed by atoms with Gasteiger partial charge in [-0.3, -0.25) is 9.78 Å². The summed E-state index contributed by atoms with van der Waals surface area (Å²) in [4.78, 5) is 16.5. The van der Waals surface area contributed by atoms with Gasteiger partial charge in [0.15, 0.2) is 17.3 Å². The zero-order chi connectivity index (χ0) is 14.8. The second-order valence-corrected chi connectivity index (χ2v) is 4.82. The molecule has 22 heavy (non-hydrogen) atoms. The summed E-state index contributed by atoms with van der Waals surface area (Å²) < 4.78 is 10.5. The number of halogens is 1. The molecule has 0 spiro atoms. The van der Waals surface area contributed by atoms with Crippen molar-refractivity contribution >= 4 is 24.3 Å². The Hall–Kier alpha value is -2.33. The van der Waals surface area contributed by atoms with Crippen LogP contribution in [0.5, 0.6) is 11.5 Å². The molecule has 0 atom stereocenters. The topological polar surface area (TPSA) is 48.4 Å². The van der Waals surface area contributed by atoms with Crippen LogP contribution in [0.3, 0.4) is 0 Å². The third-order valence-corrected chi connectivity index (χ3v) is 3.57. The Balaban J connectivity index is 0.00000176. The summed E-state index contributed by atoms with van der Waals surface area (Å²) in [5.74, 6) is 1.27. The van der Waals surface area contributed by atoms with Crippen molar-refractivity contribution in [2.24, 2.45) is 0 Å². The molecule has 1 aromatic heterocycles. The summed E-state index contributed by atoms with van der Waals surface area (Å²) in [5, 5.41) is 0. The number of hydrogen-bond donors (Lipinski definition) is 0. The number of nitrogens with zero attached hydrogens (tertiary/aromatic N) is 1. The minimum absolute atomic E-state index is 0. The quantitative estimate of drug-likeness (QED) is 0.815. The van der Waals surface area contributed by atoms with Gasteiger partial charge in [0.25, 0.3) is 0 Å². The van der Waals surface area contributed by atoms with Gasteiger partial charge in [-0.25, -0.2) is 0 Å². The molecule has 1 aliphatic rings. The van der Waals surface area contributed by atoms with E-state index in [4.69, 9.17) is 9.47 Å². The Morgan fingerprint density at radius 1 is 1.09 bits per heavy atom. The van der Waals surface area contributed by atoms with Crippen LogP contribution in [-0.4, -0.2) is 25.0 Å². The van der Waals surface area contributed by atoms with E-state index in [1.807, 2.05) is 24.3 Å². The highest BCUT2D eigenvalue weighted by Crippen LogP contribution is 2.36. The number of benzene rings is 1. The second kappa shape index (κ2) is 6.62. The van der Waals surface area contributed by atoms with Crippen LogP contribution in [0.4, 0.5) is 0 Å². The number of ether oxygens (including phenoxy) is 2. The predicted molar refractivity (Wildman–Crippen MR) is 87.0 cm³/mol. The SMILES string of the molecule is COc1cc2c(cc1OC)C(=O)C(=Cc1ccncc1)C2.Cl. The van der Waals surface area contributed by atoms with Crippen molar-refractivity contribution in [3.8, 4) is 11.5 Å². The molecule has 0 saturated heterocycles. The first-order valence-corrected chi connectivity index (χ1v) is 6.63. The van der Waals surface area contributed by atoms with Gasteiger partial charge in [0, 0.05) is 30.0 Å². The largest absolute Gasteiger partial charge is 0.493 e. The van der Waals surface area contributed by atoms with Crippen LogP contribution in [0.15, 0.2) is 42.2 Å². The van der Waals surface area contributed by atoms with Crippen LogP contribution >= 0.6 is 12.4 Å². The molecule has 114 valence electrons. The van der Waals surface area contributed by atoms with E-state index in [1.54, 1.807) is 32.7 Å². The van der Waals surface area contributed by atoms with Crippen molar-refractivity contribution < 1.29 is 14.3 Å². The molecule has 5 heteroatoms. The maximum absolute atomic E-state index is 12.5.